The van der Waals surface area contributed by atoms with E-state index in [9.17, 15) is 9.59 Å². The Balaban J connectivity index is 0.00000225. The van der Waals surface area contributed by atoms with Crippen molar-refractivity contribution in [1.29, 1.82) is 0 Å². The second-order valence-electron chi connectivity index (χ2n) is 6.96. The number of halogens is 1. The van der Waals surface area contributed by atoms with Crippen molar-refractivity contribution < 1.29 is 9.59 Å². The lowest BCUT2D eigenvalue weighted by Gasteiger charge is -2.31. The molecule has 1 aromatic rings. The molecule has 1 aliphatic carbocycles. The number of nitrogens with one attached hydrogen (secondary N) is 2. The van der Waals surface area contributed by atoms with Crippen molar-refractivity contribution >= 4 is 29.9 Å². The Kier molecular flexibility index (Phi) is 7.26. The van der Waals surface area contributed by atoms with Crippen molar-refractivity contribution in [2.75, 3.05) is 25.5 Å². The molecular weight excluding hydrogens is 338 g/mol. The van der Waals surface area contributed by atoms with Crippen molar-refractivity contribution in [1.82, 2.24) is 10.2 Å². The van der Waals surface area contributed by atoms with Gasteiger partial charge in [-0.15, -0.1) is 12.4 Å². The Bertz CT molecular complexity index is 579. The number of hydrogen-bond acceptors (Lipinski definition) is 3. The van der Waals surface area contributed by atoms with Gasteiger partial charge in [-0.05, 0) is 50.1 Å². The Hall–Kier alpha value is -1.59. The Morgan fingerprint density at radius 3 is 2.36 bits per heavy atom. The van der Waals surface area contributed by atoms with Crippen LogP contribution < -0.4 is 10.6 Å². The van der Waals surface area contributed by atoms with Crippen molar-refractivity contribution in [3.05, 3.63) is 29.8 Å². The van der Waals surface area contributed by atoms with Gasteiger partial charge < -0.3 is 15.5 Å². The predicted molar refractivity (Wildman–Crippen MR) is 102 cm³/mol. The lowest BCUT2D eigenvalue weighted by Crippen LogP contribution is -2.38. The molecular formula is C19H28ClN3O2. The Labute approximate surface area is 155 Å². The van der Waals surface area contributed by atoms with Crippen LogP contribution in [-0.2, 0) is 4.79 Å². The first-order valence-electron chi connectivity index (χ1n) is 9.04. The van der Waals surface area contributed by atoms with Gasteiger partial charge in [-0.2, -0.15) is 0 Å². The first-order chi connectivity index (χ1) is 11.6. The molecule has 1 unspecified atom stereocenters. The minimum absolute atomic E-state index is 0. The number of amides is 2. The van der Waals surface area contributed by atoms with Crippen molar-refractivity contribution in [2.45, 2.75) is 44.6 Å². The first kappa shape index (κ1) is 19.7. The highest BCUT2D eigenvalue weighted by Crippen LogP contribution is 2.23. The molecule has 0 bridgehead atoms. The van der Waals surface area contributed by atoms with Gasteiger partial charge in [0.05, 0.1) is 5.92 Å². The van der Waals surface area contributed by atoms with Gasteiger partial charge in [-0.1, -0.05) is 19.3 Å². The average Bonchev–Trinajstić information content (AvgIpc) is 3.17. The zero-order valence-electron chi connectivity index (χ0n) is 14.8. The van der Waals surface area contributed by atoms with Crippen LogP contribution in [0, 0.1) is 5.92 Å². The van der Waals surface area contributed by atoms with Crippen LogP contribution in [0.3, 0.4) is 0 Å². The van der Waals surface area contributed by atoms with E-state index in [-0.39, 0.29) is 30.1 Å². The molecule has 1 atom stereocenters. The van der Waals surface area contributed by atoms with Crippen LogP contribution in [0.15, 0.2) is 24.3 Å². The van der Waals surface area contributed by atoms with E-state index < -0.39 is 0 Å². The molecule has 6 heteroatoms. The molecule has 2 amide bonds. The Morgan fingerprint density at radius 2 is 1.76 bits per heavy atom. The number of carbonyl (C=O) groups excluding carboxylic acids is 2. The third-order valence-electron chi connectivity index (χ3n) is 5.27. The van der Waals surface area contributed by atoms with Gasteiger partial charge in [0.25, 0.3) is 5.91 Å². The fraction of sp³-hybridized carbons (Fsp3) is 0.579. The minimum Gasteiger partial charge on any atom is -0.339 e. The van der Waals surface area contributed by atoms with E-state index >= 15 is 0 Å². The van der Waals surface area contributed by atoms with E-state index in [1.54, 1.807) is 0 Å². The van der Waals surface area contributed by atoms with Crippen LogP contribution in [-0.4, -0.2) is 42.9 Å². The Morgan fingerprint density at radius 1 is 1.08 bits per heavy atom. The van der Waals surface area contributed by atoms with Gasteiger partial charge in [0.2, 0.25) is 5.91 Å². The average molecular weight is 366 g/mol. The standard InChI is InChI=1S/C19H27N3O2.ClH/c1-22(17-5-3-2-4-6-17)19(24)14-7-9-16(10-8-14)21-18(23)15-11-12-20-13-15;/h7-10,15,17,20H,2-6,11-13H2,1H3,(H,21,23);1H. The smallest absolute Gasteiger partial charge is 0.253 e. The molecule has 0 spiro atoms. The molecule has 1 aliphatic heterocycles. The lowest BCUT2D eigenvalue weighted by atomic mass is 9.94. The normalized spacial score (nSPS) is 20.6. The van der Waals surface area contributed by atoms with Crippen LogP contribution in [0.2, 0.25) is 0 Å². The predicted octanol–water partition coefficient (Wildman–Crippen LogP) is 3.06. The molecule has 138 valence electrons. The van der Waals surface area contributed by atoms with Gasteiger partial charge in [-0.3, -0.25) is 9.59 Å². The number of rotatable bonds is 4. The maximum Gasteiger partial charge on any atom is 0.253 e. The first-order valence-corrected chi connectivity index (χ1v) is 9.04. The third-order valence-corrected chi connectivity index (χ3v) is 5.27. The van der Waals surface area contributed by atoms with Crippen molar-refractivity contribution in [3.63, 3.8) is 0 Å². The number of carbonyl (C=O) groups is 2. The van der Waals surface area contributed by atoms with Gasteiger partial charge in [0.1, 0.15) is 0 Å². The van der Waals surface area contributed by atoms with Crippen LogP contribution in [0.25, 0.3) is 0 Å². The second kappa shape index (κ2) is 9.20. The summed E-state index contributed by atoms with van der Waals surface area (Å²) in [6, 6.07) is 7.62. The van der Waals surface area contributed by atoms with E-state index in [0.29, 0.717) is 11.6 Å². The van der Waals surface area contributed by atoms with E-state index in [1.165, 1.54) is 19.3 Å². The van der Waals surface area contributed by atoms with Gasteiger partial charge >= 0.3 is 0 Å². The SMILES string of the molecule is CN(C(=O)c1ccc(NC(=O)C2CCNC2)cc1)C1CCCCC1.Cl. The quantitative estimate of drug-likeness (QED) is 0.862. The molecule has 3 rings (SSSR count). The summed E-state index contributed by atoms with van der Waals surface area (Å²) in [6.07, 6.45) is 6.79. The third kappa shape index (κ3) is 4.95. The highest BCUT2D eigenvalue weighted by Gasteiger charge is 2.24. The minimum atomic E-state index is 0. The zero-order valence-corrected chi connectivity index (χ0v) is 15.6. The fourth-order valence-electron chi connectivity index (χ4n) is 3.66. The molecule has 2 aliphatic rings. The molecule has 1 heterocycles. The second-order valence-corrected chi connectivity index (χ2v) is 6.96. The van der Waals surface area contributed by atoms with Crippen molar-refractivity contribution in [3.8, 4) is 0 Å². The summed E-state index contributed by atoms with van der Waals surface area (Å²) in [5.74, 6) is 0.168. The highest BCUT2D eigenvalue weighted by atomic mass is 35.5. The van der Waals surface area contributed by atoms with Crippen LogP contribution >= 0.6 is 12.4 Å². The fourth-order valence-corrected chi connectivity index (χ4v) is 3.66. The van der Waals surface area contributed by atoms with Crippen LogP contribution in [0.4, 0.5) is 5.69 Å². The zero-order chi connectivity index (χ0) is 16.9. The summed E-state index contributed by atoms with van der Waals surface area (Å²) in [7, 11) is 1.90. The molecule has 5 nitrogen and oxygen atoms in total. The molecule has 1 saturated heterocycles. The summed E-state index contributed by atoms with van der Waals surface area (Å²) in [5, 5.41) is 6.13. The summed E-state index contributed by atoms with van der Waals surface area (Å²) in [5.41, 5.74) is 1.44. The molecule has 2 N–H and O–H groups in total. The molecule has 0 aromatic heterocycles. The number of benzene rings is 1. The molecule has 1 aromatic carbocycles. The van der Waals surface area contributed by atoms with Gasteiger partial charge in [0.15, 0.2) is 0 Å². The maximum absolute atomic E-state index is 12.6. The monoisotopic (exact) mass is 365 g/mol. The number of nitrogens with zero attached hydrogens (tertiary/aromatic N) is 1. The van der Waals surface area contributed by atoms with Gasteiger partial charge in [0, 0.05) is 30.9 Å². The molecule has 25 heavy (non-hydrogen) atoms. The highest BCUT2D eigenvalue weighted by molar-refractivity contribution is 5.96. The topological polar surface area (TPSA) is 61.4 Å². The maximum atomic E-state index is 12.6. The van der Waals surface area contributed by atoms with Crippen LogP contribution in [0.5, 0.6) is 0 Å². The van der Waals surface area contributed by atoms with E-state index in [0.717, 1.165) is 38.0 Å². The van der Waals surface area contributed by atoms with Crippen LogP contribution in [0.1, 0.15) is 48.9 Å². The van der Waals surface area contributed by atoms with E-state index in [2.05, 4.69) is 10.6 Å². The molecule has 1 saturated carbocycles. The summed E-state index contributed by atoms with van der Waals surface area (Å²) in [4.78, 5) is 26.6. The summed E-state index contributed by atoms with van der Waals surface area (Å²) in [6.45, 7) is 1.65. The summed E-state index contributed by atoms with van der Waals surface area (Å²) < 4.78 is 0. The number of hydrogen-bond donors (Lipinski definition) is 2. The number of anilines is 1. The lowest BCUT2D eigenvalue weighted by molar-refractivity contribution is -0.119. The van der Waals surface area contributed by atoms with E-state index in [4.69, 9.17) is 0 Å². The summed E-state index contributed by atoms with van der Waals surface area (Å²) >= 11 is 0. The molecule has 2 fully saturated rings. The molecule has 0 radical (unpaired) electrons. The van der Waals surface area contributed by atoms with Gasteiger partial charge in [-0.25, -0.2) is 0 Å². The largest absolute Gasteiger partial charge is 0.339 e. The van der Waals surface area contributed by atoms with Crippen molar-refractivity contribution in [2.24, 2.45) is 5.92 Å². The van der Waals surface area contributed by atoms with E-state index in [1.807, 2.05) is 36.2 Å².